The van der Waals surface area contributed by atoms with Crippen LogP contribution in [0, 0.1) is 0 Å². The maximum atomic E-state index is 5.21. The van der Waals surface area contributed by atoms with Gasteiger partial charge in [0.05, 0.1) is 33.8 Å². The van der Waals surface area contributed by atoms with Crippen LogP contribution in [-0.4, -0.2) is 15.0 Å². The maximum absolute atomic E-state index is 5.21. The van der Waals surface area contributed by atoms with Crippen LogP contribution in [0.2, 0.25) is 0 Å². The molecule has 50 heavy (non-hydrogen) atoms. The number of rotatable bonds is 5. The van der Waals surface area contributed by atoms with E-state index in [-0.39, 0.29) is 6.04 Å². The standard InChI is InChI=1S/C46H32N4/c1-4-15-31(16-5-1)40-29-41(32-17-6-2-7-18-32)48-46(47-40)33-19-14-22-35(27-33)50-43-26-13-11-24-37(43)39-28-38-36-23-10-12-25-42(36)49(44(38)30-45(39)50)34-20-8-3-9-21-34/h1-30,40H,(H,47,48). The number of nitrogens with one attached hydrogen (secondary N) is 1. The molecule has 0 bridgehead atoms. The van der Waals surface area contributed by atoms with Crippen molar-refractivity contribution >= 4 is 55.1 Å². The summed E-state index contributed by atoms with van der Waals surface area (Å²) in [5.74, 6) is 0.856. The van der Waals surface area contributed by atoms with E-state index in [1.807, 2.05) is 6.07 Å². The Hall–Kier alpha value is -6.65. The third-order valence-corrected chi connectivity index (χ3v) is 9.94. The summed E-state index contributed by atoms with van der Waals surface area (Å²) in [4.78, 5) is 5.21. The molecule has 1 aliphatic rings. The number of benzene rings is 7. The van der Waals surface area contributed by atoms with E-state index >= 15 is 0 Å². The van der Waals surface area contributed by atoms with Crippen molar-refractivity contribution in [2.75, 3.05) is 0 Å². The fourth-order valence-corrected chi connectivity index (χ4v) is 7.65. The van der Waals surface area contributed by atoms with Gasteiger partial charge in [-0.25, -0.2) is 4.99 Å². The lowest BCUT2D eigenvalue weighted by Gasteiger charge is -2.25. The molecule has 0 radical (unpaired) electrons. The first kappa shape index (κ1) is 28.4. The Morgan fingerprint density at radius 3 is 1.64 bits per heavy atom. The van der Waals surface area contributed by atoms with Crippen LogP contribution in [0.5, 0.6) is 0 Å². The molecule has 4 nitrogen and oxygen atoms in total. The minimum absolute atomic E-state index is 0.0102. The number of para-hydroxylation sites is 3. The van der Waals surface area contributed by atoms with Gasteiger partial charge in [-0.2, -0.15) is 0 Å². The van der Waals surface area contributed by atoms with Gasteiger partial charge < -0.3 is 14.5 Å². The van der Waals surface area contributed by atoms with Crippen LogP contribution in [-0.2, 0) is 0 Å². The van der Waals surface area contributed by atoms with Crippen molar-refractivity contribution in [1.29, 1.82) is 0 Å². The summed E-state index contributed by atoms with van der Waals surface area (Å²) in [5.41, 5.74) is 11.3. The van der Waals surface area contributed by atoms with Gasteiger partial charge in [-0.1, -0.05) is 127 Å². The third kappa shape index (κ3) is 4.57. The number of nitrogens with zero attached hydrogens (tertiary/aromatic N) is 3. The fourth-order valence-electron chi connectivity index (χ4n) is 7.65. The van der Waals surface area contributed by atoms with Crippen molar-refractivity contribution in [3.05, 3.63) is 199 Å². The number of amidine groups is 1. The molecule has 2 aromatic heterocycles. The molecule has 1 N–H and O–H groups in total. The van der Waals surface area contributed by atoms with Crippen molar-refractivity contribution in [2.24, 2.45) is 4.99 Å². The highest BCUT2D eigenvalue weighted by atomic mass is 15.1. The zero-order valence-corrected chi connectivity index (χ0v) is 27.2. The molecule has 0 spiro atoms. The molecule has 0 saturated carbocycles. The monoisotopic (exact) mass is 640 g/mol. The Morgan fingerprint density at radius 2 is 0.960 bits per heavy atom. The number of hydrogen-bond donors (Lipinski definition) is 1. The van der Waals surface area contributed by atoms with Crippen molar-refractivity contribution in [3.63, 3.8) is 0 Å². The van der Waals surface area contributed by atoms with Gasteiger partial charge in [0.15, 0.2) is 0 Å². The summed E-state index contributed by atoms with van der Waals surface area (Å²) in [6, 6.07) is 62.7. The first-order valence-corrected chi connectivity index (χ1v) is 17.1. The van der Waals surface area contributed by atoms with Crippen LogP contribution < -0.4 is 5.32 Å². The van der Waals surface area contributed by atoms with E-state index in [1.165, 1.54) is 49.2 Å². The molecule has 236 valence electrons. The van der Waals surface area contributed by atoms with Crippen LogP contribution >= 0.6 is 0 Å². The first-order valence-electron chi connectivity index (χ1n) is 17.1. The van der Waals surface area contributed by atoms with Crippen molar-refractivity contribution in [1.82, 2.24) is 14.5 Å². The predicted octanol–water partition coefficient (Wildman–Crippen LogP) is 11.0. The molecular formula is C46H32N4. The molecule has 1 unspecified atom stereocenters. The van der Waals surface area contributed by atoms with Crippen LogP contribution in [0.15, 0.2) is 187 Å². The molecule has 10 rings (SSSR count). The van der Waals surface area contributed by atoms with E-state index in [4.69, 9.17) is 4.99 Å². The van der Waals surface area contributed by atoms with Crippen molar-refractivity contribution in [2.45, 2.75) is 6.04 Å². The van der Waals surface area contributed by atoms with Crippen LogP contribution in [0.3, 0.4) is 0 Å². The normalized spacial score (nSPS) is 14.6. The number of aliphatic imine (C=N–C) groups is 1. The lowest BCUT2D eigenvalue weighted by atomic mass is 10.0. The Labute approximate surface area is 289 Å². The zero-order valence-electron chi connectivity index (χ0n) is 27.2. The van der Waals surface area contributed by atoms with Crippen molar-refractivity contribution < 1.29 is 0 Å². The molecular weight excluding hydrogens is 609 g/mol. The molecule has 0 amide bonds. The quantitative estimate of drug-likeness (QED) is 0.200. The number of fused-ring (bicyclic) bond motifs is 6. The van der Waals surface area contributed by atoms with E-state index in [0.717, 1.165) is 34.0 Å². The Balaban J connectivity index is 1.18. The van der Waals surface area contributed by atoms with E-state index in [1.54, 1.807) is 0 Å². The molecule has 1 atom stereocenters. The Bertz CT molecular complexity index is 2770. The average molecular weight is 641 g/mol. The van der Waals surface area contributed by atoms with Gasteiger partial charge in [-0.15, -0.1) is 0 Å². The minimum atomic E-state index is -0.0102. The molecule has 0 fully saturated rings. The van der Waals surface area contributed by atoms with Crippen LogP contribution in [0.4, 0.5) is 0 Å². The molecule has 0 saturated heterocycles. The second kappa shape index (κ2) is 11.5. The highest BCUT2D eigenvalue weighted by molar-refractivity contribution is 6.19. The lowest BCUT2D eigenvalue weighted by molar-refractivity contribution is 0.781. The van der Waals surface area contributed by atoms with Gasteiger partial charge in [0.1, 0.15) is 5.84 Å². The third-order valence-electron chi connectivity index (χ3n) is 9.94. The first-order chi connectivity index (χ1) is 24.8. The predicted molar refractivity (Wildman–Crippen MR) is 208 cm³/mol. The van der Waals surface area contributed by atoms with E-state index in [2.05, 4.69) is 190 Å². The summed E-state index contributed by atoms with van der Waals surface area (Å²) in [7, 11) is 0. The second-order valence-corrected chi connectivity index (χ2v) is 12.9. The van der Waals surface area contributed by atoms with Gasteiger partial charge in [0.2, 0.25) is 0 Å². The number of aromatic nitrogens is 2. The van der Waals surface area contributed by atoms with Crippen LogP contribution in [0.1, 0.15) is 22.7 Å². The Morgan fingerprint density at radius 1 is 0.420 bits per heavy atom. The van der Waals surface area contributed by atoms with Crippen molar-refractivity contribution in [3.8, 4) is 11.4 Å². The van der Waals surface area contributed by atoms with E-state index < -0.39 is 0 Å². The molecule has 1 aliphatic heterocycles. The van der Waals surface area contributed by atoms with Gasteiger partial charge in [-0.05, 0) is 65.7 Å². The SMILES string of the molecule is C1=C(c2ccccc2)N=C(c2cccc(-n3c4ccccc4c4cc5c6ccccc6n(-c6ccccc6)c5cc43)c2)NC1c1ccccc1. The smallest absolute Gasteiger partial charge is 0.134 e. The zero-order chi connectivity index (χ0) is 33.0. The summed E-state index contributed by atoms with van der Waals surface area (Å²) in [5, 5.41) is 8.73. The largest absolute Gasteiger partial charge is 0.359 e. The summed E-state index contributed by atoms with van der Waals surface area (Å²) < 4.78 is 4.80. The van der Waals surface area contributed by atoms with Gasteiger partial charge in [0, 0.05) is 38.5 Å². The van der Waals surface area contributed by atoms with E-state index in [0.29, 0.717) is 0 Å². The second-order valence-electron chi connectivity index (χ2n) is 12.9. The number of hydrogen-bond acceptors (Lipinski definition) is 2. The summed E-state index contributed by atoms with van der Waals surface area (Å²) in [6.07, 6.45) is 2.22. The highest BCUT2D eigenvalue weighted by Gasteiger charge is 2.22. The fraction of sp³-hybridized carbons (Fsp3) is 0.0217. The molecule has 9 aromatic rings. The molecule has 4 heteroatoms. The van der Waals surface area contributed by atoms with Crippen LogP contribution in [0.25, 0.3) is 60.7 Å². The summed E-state index contributed by atoms with van der Waals surface area (Å²) >= 11 is 0. The van der Waals surface area contributed by atoms with E-state index in [9.17, 15) is 0 Å². The van der Waals surface area contributed by atoms with Gasteiger partial charge in [-0.3, -0.25) is 0 Å². The Kier molecular flexibility index (Phi) is 6.53. The van der Waals surface area contributed by atoms with Gasteiger partial charge in [0.25, 0.3) is 0 Å². The minimum Gasteiger partial charge on any atom is -0.359 e. The summed E-state index contributed by atoms with van der Waals surface area (Å²) in [6.45, 7) is 0. The maximum Gasteiger partial charge on any atom is 0.134 e. The van der Waals surface area contributed by atoms with Gasteiger partial charge >= 0.3 is 0 Å². The average Bonchev–Trinajstić information content (AvgIpc) is 3.70. The lowest BCUT2D eigenvalue weighted by Crippen LogP contribution is -2.31. The molecule has 0 aliphatic carbocycles. The highest BCUT2D eigenvalue weighted by Crippen LogP contribution is 2.39. The molecule has 7 aromatic carbocycles. The topological polar surface area (TPSA) is 34.2 Å². The molecule has 3 heterocycles.